The molecule has 0 spiro atoms. The molecule has 1 aromatic rings. The van der Waals surface area contributed by atoms with Gasteiger partial charge in [-0.2, -0.15) is 0 Å². The average Bonchev–Trinajstić information content (AvgIpc) is 2.26. The van der Waals surface area contributed by atoms with Crippen LogP contribution in [0.1, 0.15) is 22.8 Å². The first-order valence-corrected chi connectivity index (χ1v) is 4.83. The van der Waals surface area contributed by atoms with Crippen LogP contribution < -0.4 is 11.1 Å². The summed E-state index contributed by atoms with van der Waals surface area (Å²) in [5, 5.41) is 2.65. The van der Waals surface area contributed by atoms with E-state index in [0.717, 1.165) is 11.1 Å². The lowest BCUT2D eigenvalue weighted by molar-refractivity contribution is -0.118. The molecule has 0 unspecified atom stereocenters. The number of nitrogens with two attached hydrogens (primary N) is 1. The van der Waals surface area contributed by atoms with E-state index in [9.17, 15) is 9.59 Å². The van der Waals surface area contributed by atoms with Gasteiger partial charge in [-0.1, -0.05) is 18.7 Å². The van der Waals surface area contributed by atoms with Gasteiger partial charge in [0, 0.05) is 19.0 Å². The lowest BCUT2D eigenvalue weighted by Gasteiger charge is -2.06. The van der Waals surface area contributed by atoms with Crippen LogP contribution in [0.25, 0.3) is 5.57 Å². The molecule has 1 rings (SSSR count). The standard InChI is InChI=1S/C12H14N2O2/c1-8(7-14-9(2)15)10-3-5-11(6-4-10)12(13)16/h3-6H,1,7H2,2H3,(H2,13,16)(H,14,15). The first-order valence-electron chi connectivity index (χ1n) is 4.83. The van der Waals surface area contributed by atoms with Crippen molar-refractivity contribution in [1.29, 1.82) is 0 Å². The monoisotopic (exact) mass is 218 g/mol. The third-order valence-electron chi connectivity index (χ3n) is 2.13. The highest BCUT2D eigenvalue weighted by atomic mass is 16.1. The maximum Gasteiger partial charge on any atom is 0.248 e. The number of primary amides is 1. The number of benzene rings is 1. The number of nitrogens with one attached hydrogen (secondary N) is 1. The first-order chi connectivity index (χ1) is 7.50. The van der Waals surface area contributed by atoms with Crippen LogP contribution in [0.2, 0.25) is 0 Å². The number of hydrogen-bond acceptors (Lipinski definition) is 2. The fourth-order valence-electron chi connectivity index (χ4n) is 1.20. The van der Waals surface area contributed by atoms with Crippen molar-refractivity contribution in [3.8, 4) is 0 Å². The number of carbonyl (C=O) groups excluding carboxylic acids is 2. The van der Waals surface area contributed by atoms with Crippen molar-refractivity contribution in [3.05, 3.63) is 42.0 Å². The van der Waals surface area contributed by atoms with Gasteiger partial charge in [0.05, 0.1) is 0 Å². The van der Waals surface area contributed by atoms with Gasteiger partial charge in [0.25, 0.3) is 0 Å². The third kappa shape index (κ3) is 3.24. The molecule has 4 heteroatoms. The minimum Gasteiger partial charge on any atom is -0.366 e. The SMILES string of the molecule is C=C(CNC(C)=O)c1ccc(C(N)=O)cc1. The molecular weight excluding hydrogens is 204 g/mol. The molecule has 0 aliphatic carbocycles. The van der Waals surface area contributed by atoms with E-state index in [2.05, 4.69) is 11.9 Å². The molecule has 0 saturated carbocycles. The van der Waals surface area contributed by atoms with E-state index >= 15 is 0 Å². The van der Waals surface area contributed by atoms with Crippen molar-refractivity contribution in [1.82, 2.24) is 5.32 Å². The summed E-state index contributed by atoms with van der Waals surface area (Å²) in [7, 11) is 0. The number of carbonyl (C=O) groups is 2. The van der Waals surface area contributed by atoms with Crippen molar-refractivity contribution in [3.63, 3.8) is 0 Å². The molecule has 0 saturated heterocycles. The molecule has 0 bridgehead atoms. The maximum atomic E-state index is 10.8. The maximum absolute atomic E-state index is 10.8. The van der Waals surface area contributed by atoms with E-state index in [1.54, 1.807) is 24.3 Å². The van der Waals surface area contributed by atoms with Gasteiger partial charge >= 0.3 is 0 Å². The highest BCUT2D eigenvalue weighted by Gasteiger charge is 2.02. The third-order valence-corrected chi connectivity index (χ3v) is 2.13. The van der Waals surface area contributed by atoms with Gasteiger partial charge < -0.3 is 11.1 Å². The van der Waals surface area contributed by atoms with E-state index in [1.165, 1.54) is 6.92 Å². The van der Waals surface area contributed by atoms with Crippen molar-refractivity contribution >= 4 is 17.4 Å². The largest absolute Gasteiger partial charge is 0.366 e. The van der Waals surface area contributed by atoms with E-state index in [4.69, 9.17) is 5.73 Å². The van der Waals surface area contributed by atoms with E-state index < -0.39 is 5.91 Å². The Labute approximate surface area is 94.1 Å². The summed E-state index contributed by atoms with van der Waals surface area (Å²) in [5.41, 5.74) is 7.23. The summed E-state index contributed by atoms with van der Waals surface area (Å²) >= 11 is 0. The fourth-order valence-corrected chi connectivity index (χ4v) is 1.20. The lowest BCUT2D eigenvalue weighted by atomic mass is 10.1. The van der Waals surface area contributed by atoms with Crippen molar-refractivity contribution in [2.45, 2.75) is 6.92 Å². The summed E-state index contributed by atoms with van der Waals surface area (Å²) in [4.78, 5) is 21.5. The predicted molar refractivity (Wildman–Crippen MR) is 62.7 cm³/mol. The fraction of sp³-hybridized carbons (Fsp3) is 0.167. The van der Waals surface area contributed by atoms with Gasteiger partial charge in [-0.3, -0.25) is 9.59 Å². The minimum absolute atomic E-state index is 0.102. The summed E-state index contributed by atoms with van der Waals surface area (Å²) in [5.74, 6) is -0.561. The topological polar surface area (TPSA) is 72.2 Å². The van der Waals surface area contributed by atoms with Crippen LogP contribution in [0.3, 0.4) is 0 Å². The smallest absolute Gasteiger partial charge is 0.248 e. The molecule has 0 atom stereocenters. The second-order valence-corrected chi connectivity index (χ2v) is 3.45. The Bertz CT molecular complexity index is 421. The van der Waals surface area contributed by atoms with Crippen LogP contribution in [0.5, 0.6) is 0 Å². The molecule has 2 amide bonds. The van der Waals surface area contributed by atoms with Crippen molar-refractivity contribution < 1.29 is 9.59 Å². The van der Waals surface area contributed by atoms with E-state index in [0.29, 0.717) is 12.1 Å². The number of amides is 2. The molecule has 0 fully saturated rings. The predicted octanol–water partition coefficient (Wildman–Crippen LogP) is 0.935. The van der Waals surface area contributed by atoms with Crippen LogP contribution in [0.15, 0.2) is 30.8 Å². The Kier molecular flexibility index (Phi) is 3.83. The Hall–Kier alpha value is -2.10. The van der Waals surface area contributed by atoms with Crippen LogP contribution in [0, 0.1) is 0 Å². The number of rotatable bonds is 4. The van der Waals surface area contributed by atoms with E-state index in [-0.39, 0.29) is 5.91 Å². The molecule has 0 heterocycles. The highest BCUT2D eigenvalue weighted by molar-refractivity contribution is 5.93. The molecule has 0 aliphatic rings. The zero-order valence-electron chi connectivity index (χ0n) is 9.12. The van der Waals surface area contributed by atoms with Gasteiger partial charge in [-0.05, 0) is 23.3 Å². The summed E-state index contributed by atoms with van der Waals surface area (Å²) in [6.07, 6.45) is 0. The quantitative estimate of drug-likeness (QED) is 0.789. The Morgan fingerprint density at radius 3 is 2.19 bits per heavy atom. The van der Waals surface area contributed by atoms with Gasteiger partial charge in [0.15, 0.2) is 0 Å². The molecule has 0 aliphatic heterocycles. The molecule has 16 heavy (non-hydrogen) atoms. The van der Waals surface area contributed by atoms with E-state index in [1.807, 2.05) is 0 Å². The highest BCUT2D eigenvalue weighted by Crippen LogP contribution is 2.12. The van der Waals surface area contributed by atoms with Crippen molar-refractivity contribution in [2.24, 2.45) is 5.73 Å². The lowest BCUT2D eigenvalue weighted by Crippen LogP contribution is -2.21. The van der Waals surface area contributed by atoms with Crippen LogP contribution in [-0.2, 0) is 4.79 Å². The van der Waals surface area contributed by atoms with Gasteiger partial charge in [-0.15, -0.1) is 0 Å². The average molecular weight is 218 g/mol. The summed E-state index contributed by atoms with van der Waals surface area (Å²) < 4.78 is 0. The summed E-state index contributed by atoms with van der Waals surface area (Å²) in [6.45, 7) is 5.68. The number of hydrogen-bond donors (Lipinski definition) is 2. The summed E-state index contributed by atoms with van der Waals surface area (Å²) in [6, 6.07) is 6.78. The molecule has 4 nitrogen and oxygen atoms in total. The van der Waals surface area contributed by atoms with Gasteiger partial charge in [-0.25, -0.2) is 0 Å². The van der Waals surface area contributed by atoms with Gasteiger partial charge in [0.1, 0.15) is 0 Å². The van der Waals surface area contributed by atoms with Crippen LogP contribution in [0.4, 0.5) is 0 Å². The second-order valence-electron chi connectivity index (χ2n) is 3.45. The minimum atomic E-state index is -0.459. The zero-order chi connectivity index (χ0) is 12.1. The molecule has 0 aromatic heterocycles. The molecule has 84 valence electrons. The molecule has 1 aromatic carbocycles. The normalized spacial score (nSPS) is 9.56. The van der Waals surface area contributed by atoms with Gasteiger partial charge in [0.2, 0.25) is 11.8 Å². The molecule has 0 radical (unpaired) electrons. The zero-order valence-corrected chi connectivity index (χ0v) is 9.12. The Morgan fingerprint density at radius 2 is 1.75 bits per heavy atom. The first kappa shape index (κ1) is 12.0. The second kappa shape index (κ2) is 5.11. The molecular formula is C12H14N2O2. The Morgan fingerprint density at radius 1 is 1.25 bits per heavy atom. The van der Waals surface area contributed by atoms with Crippen LogP contribution in [-0.4, -0.2) is 18.4 Å². The molecule has 3 N–H and O–H groups in total. The van der Waals surface area contributed by atoms with Crippen molar-refractivity contribution in [2.75, 3.05) is 6.54 Å². The Balaban J connectivity index is 2.70. The van der Waals surface area contributed by atoms with Crippen LogP contribution >= 0.6 is 0 Å².